The van der Waals surface area contributed by atoms with E-state index in [1.54, 1.807) is 18.6 Å². The largest absolute Gasteiger partial charge is 0.378 e. The minimum atomic E-state index is 0.514. The number of aryl methyl sites for hydroxylation is 1. The van der Waals surface area contributed by atoms with Crippen LogP contribution in [0.25, 0.3) is 11.0 Å². The highest BCUT2D eigenvalue weighted by Crippen LogP contribution is 2.20. The first-order valence-corrected chi connectivity index (χ1v) is 10.9. The van der Waals surface area contributed by atoms with Crippen LogP contribution >= 0.6 is 0 Å². The number of hydrogen-bond donors (Lipinski definition) is 2. The van der Waals surface area contributed by atoms with Crippen molar-refractivity contribution in [3.63, 3.8) is 0 Å². The molecule has 10 heteroatoms. The van der Waals surface area contributed by atoms with Gasteiger partial charge in [-0.2, -0.15) is 15.2 Å². The van der Waals surface area contributed by atoms with Gasteiger partial charge in [-0.05, 0) is 30.7 Å². The second-order valence-corrected chi connectivity index (χ2v) is 7.80. The van der Waals surface area contributed by atoms with Crippen molar-refractivity contribution >= 4 is 28.4 Å². The molecule has 1 aliphatic heterocycles. The van der Waals surface area contributed by atoms with E-state index in [9.17, 15) is 0 Å². The quantitative estimate of drug-likeness (QED) is 0.434. The maximum atomic E-state index is 5.57. The van der Waals surface area contributed by atoms with Gasteiger partial charge in [-0.1, -0.05) is 12.1 Å². The lowest BCUT2D eigenvalue weighted by atomic mass is 10.2. The number of fused-ring (bicyclic) bond motifs is 1. The summed E-state index contributed by atoms with van der Waals surface area (Å²) >= 11 is 0. The standard InChI is InChI=1S/C22H27N9O/c23-5-2-6-30-16-19(14-25-30)27-22-24-12-18-13-26-31(21(18)28-22)15-17-3-1-4-20(11-17)29-7-9-32-10-8-29/h1,3-4,11-14,16H,2,5-10,15,23H2,(H,24,27,28). The molecule has 4 aromatic rings. The van der Waals surface area contributed by atoms with Gasteiger partial charge in [-0.15, -0.1) is 0 Å². The summed E-state index contributed by atoms with van der Waals surface area (Å²) in [6.07, 6.45) is 8.17. The number of nitrogens with two attached hydrogens (primary N) is 1. The second-order valence-electron chi connectivity index (χ2n) is 7.80. The molecule has 32 heavy (non-hydrogen) atoms. The molecule has 0 atom stereocenters. The summed E-state index contributed by atoms with van der Waals surface area (Å²) in [4.78, 5) is 11.5. The Morgan fingerprint density at radius 1 is 1.09 bits per heavy atom. The predicted molar refractivity (Wildman–Crippen MR) is 123 cm³/mol. The van der Waals surface area contributed by atoms with Crippen LogP contribution in [0.3, 0.4) is 0 Å². The molecular formula is C22H27N9O. The fourth-order valence-electron chi connectivity index (χ4n) is 3.82. The number of aromatic nitrogens is 6. The summed E-state index contributed by atoms with van der Waals surface area (Å²) in [6.45, 7) is 5.43. The molecule has 0 aliphatic carbocycles. The number of hydrogen-bond acceptors (Lipinski definition) is 8. The molecular weight excluding hydrogens is 406 g/mol. The monoisotopic (exact) mass is 433 g/mol. The minimum Gasteiger partial charge on any atom is -0.378 e. The second kappa shape index (κ2) is 9.33. The summed E-state index contributed by atoms with van der Waals surface area (Å²) < 4.78 is 9.24. The molecule has 0 saturated carbocycles. The van der Waals surface area contributed by atoms with Gasteiger partial charge in [0.2, 0.25) is 5.95 Å². The fraction of sp³-hybridized carbons (Fsp3) is 0.364. The summed E-state index contributed by atoms with van der Waals surface area (Å²) in [6, 6.07) is 8.58. The van der Waals surface area contributed by atoms with Crippen molar-refractivity contribution in [3.05, 3.63) is 54.6 Å². The third kappa shape index (κ3) is 4.56. The minimum absolute atomic E-state index is 0.514. The number of rotatable bonds is 8. The Morgan fingerprint density at radius 2 is 2.00 bits per heavy atom. The first-order valence-electron chi connectivity index (χ1n) is 10.9. The molecule has 0 radical (unpaired) electrons. The van der Waals surface area contributed by atoms with Crippen molar-refractivity contribution in [2.24, 2.45) is 5.73 Å². The average molecular weight is 434 g/mol. The zero-order valence-electron chi connectivity index (χ0n) is 17.9. The molecule has 0 amide bonds. The molecule has 166 valence electrons. The van der Waals surface area contributed by atoms with Gasteiger partial charge < -0.3 is 20.7 Å². The Balaban J connectivity index is 1.33. The summed E-state index contributed by atoms with van der Waals surface area (Å²) in [5.74, 6) is 0.514. The van der Waals surface area contributed by atoms with E-state index in [1.165, 1.54) is 11.3 Å². The van der Waals surface area contributed by atoms with Gasteiger partial charge in [0.1, 0.15) is 0 Å². The van der Waals surface area contributed by atoms with Gasteiger partial charge in [0.05, 0.1) is 43.2 Å². The Morgan fingerprint density at radius 3 is 2.88 bits per heavy atom. The maximum absolute atomic E-state index is 5.57. The van der Waals surface area contributed by atoms with E-state index in [2.05, 4.69) is 49.7 Å². The number of nitrogens with zero attached hydrogens (tertiary/aromatic N) is 7. The Hall–Kier alpha value is -3.50. The van der Waals surface area contributed by atoms with E-state index in [0.29, 0.717) is 19.0 Å². The highest BCUT2D eigenvalue weighted by Gasteiger charge is 2.13. The predicted octanol–water partition coefficient (Wildman–Crippen LogP) is 2.00. The molecule has 10 nitrogen and oxygen atoms in total. The van der Waals surface area contributed by atoms with Crippen molar-refractivity contribution < 1.29 is 4.74 Å². The molecule has 5 rings (SSSR count). The number of ether oxygens (including phenoxy) is 1. The van der Waals surface area contributed by atoms with Crippen molar-refractivity contribution in [3.8, 4) is 0 Å². The number of nitrogens with one attached hydrogen (secondary N) is 1. The third-order valence-electron chi connectivity index (χ3n) is 5.48. The number of morpholine rings is 1. The summed E-state index contributed by atoms with van der Waals surface area (Å²) in [7, 11) is 0. The number of benzene rings is 1. The van der Waals surface area contributed by atoms with E-state index >= 15 is 0 Å². The van der Waals surface area contributed by atoms with Gasteiger partial charge in [0, 0.05) is 37.7 Å². The molecule has 1 fully saturated rings. The summed E-state index contributed by atoms with van der Waals surface area (Å²) in [5, 5.41) is 13.0. The van der Waals surface area contributed by atoms with Gasteiger partial charge in [-0.25, -0.2) is 9.67 Å². The van der Waals surface area contributed by atoms with Crippen LogP contribution in [0.15, 0.2) is 49.1 Å². The lowest BCUT2D eigenvalue weighted by Gasteiger charge is -2.29. The van der Waals surface area contributed by atoms with Crippen molar-refractivity contribution in [1.29, 1.82) is 0 Å². The van der Waals surface area contributed by atoms with E-state index in [0.717, 1.165) is 56.0 Å². The zero-order valence-corrected chi connectivity index (χ0v) is 17.9. The zero-order chi connectivity index (χ0) is 21.8. The first kappa shape index (κ1) is 20.4. The first-order chi connectivity index (χ1) is 15.8. The highest BCUT2D eigenvalue weighted by molar-refractivity contribution is 5.75. The maximum Gasteiger partial charge on any atom is 0.229 e. The van der Waals surface area contributed by atoms with Gasteiger partial charge in [-0.3, -0.25) is 4.68 Å². The van der Waals surface area contributed by atoms with Crippen LogP contribution in [0.4, 0.5) is 17.3 Å². The van der Waals surface area contributed by atoms with Gasteiger partial charge >= 0.3 is 0 Å². The smallest absolute Gasteiger partial charge is 0.229 e. The van der Waals surface area contributed by atoms with E-state index in [4.69, 9.17) is 15.5 Å². The normalized spacial score (nSPS) is 14.2. The molecule has 0 bridgehead atoms. The van der Waals surface area contributed by atoms with E-state index in [1.807, 2.05) is 15.6 Å². The Kier molecular flexibility index (Phi) is 5.95. The van der Waals surface area contributed by atoms with Crippen LogP contribution in [-0.2, 0) is 17.8 Å². The molecule has 4 heterocycles. The van der Waals surface area contributed by atoms with Crippen LogP contribution < -0.4 is 16.0 Å². The molecule has 0 spiro atoms. The third-order valence-corrected chi connectivity index (χ3v) is 5.48. The van der Waals surface area contributed by atoms with Gasteiger partial charge in [0.25, 0.3) is 0 Å². The molecule has 3 aromatic heterocycles. The van der Waals surface area contributed by atoms with Crippen LogP contribution in [0.5, 0.6) is 0 Å². The van der Waals surface area contributed by atoms with Crippen LogP contribution in [-0.4, -0.2) is 62.4 Å². The SMILES string of the molecule is NCCCn1cc(Nc2ncc3cnn(Cc4cccc(N5CCOCC5)c4)c3n2)cn1. The molecule has 3 N–H and O–H groups in total. The lowest BCUT2D eigenvalue weighted by molar-refractivity contribution is 0.122. The lowest BCUT2D eigenvalue weighted by Crippen LogP contribution is -2.36. The molecule has 1 aliphatic rings. The van der Waals surface area contributed by atoms with E-state index < -0.39 is 0 Å². The van der Waals surface area contributed by atoms with Crippen LogP contribution in [0, 0.1) is 0 Å². The fourth-order valence-corrected chi connectivity index (χ4v) is 3.82. The van der Waals surface area contributed by atoms with Crippen molar-refractivity contribution in [2.75, 3.05) is 43.1 Å². The molecule has 0 unspecified atom stereocenters. The van der Waals surface area contributed by atoms with E-state index in [-0.39, 0.29) is 0 Å². The van der Waals surface area contributed by atoms with Crippen LogP contribution in [0.1, 0.15) is 12.0 Å². The van der Waals surface area contributed by atoms with Gasteiger partial charge in [0.15, 0.2) is 5.65 Å². The van der Waals surface area contributed by atoms with Crippen LogP contribution in [0.2, 0.25) is 0 Å². The number of anilines is 3. The van der Waals surface area contributed by atoms with Crippen molar-refractivity contribution in [1.82, 2.24) is 29.5 Å². The Bertz CT molecular complexity index is 1180. The summed E-state index contributed by atoms with van der Waals surface area (Å²) in [5.41, 5.74) is 9.59. The average Bonchev–Trinajstić information content (AvgIpc) is 3.45. The molecule has 1 aromatic carbocycles. The Labute approximate surface area is 186 Å². The topological polar surface area (TPSA) is 112 Å². The van der Waals surface area contributed by atoms with Crippen molar-refractivity contribution in [2.45, 2.75) is 19.5 Å². The molecule has 1 saturated heterocycles. The highest BCUT2D eigenvalue weighted by atomic mass is 16.5.